The van der Waals surface area contributed by atoms with Gasteiger partial charge in [0.1, 0.15) is 11.0 Å². The highest BCUT2D eigenvalue weighted by atomic mass is 79.9. The Kier molecular flexibility index (Phi) is 7.04. The molecule has 0 bridgehead atoms. The summed E-state index contributed by atoms with van der Waals surface area (Å²) in [5, 5.41) is 21.6. The van der Waals surface area contributed by atoms with Gasteiger partial charge in [0.25, 0.3) is 5.91 Å². The maximum atomic E-state index is 13.1. The molecule has 3 aromatic carbocycles. The highest BCUT2D eigenvalue weighted by Crippen LogP contribution is 2.26. The number of carbonyl (C=O) groups excluding carboxylic acids is 1. The van der Waals surface area contributed by atoms with Gasteiger partial charge < -0.3 is 15.5 Å². The lowest BCUT2D eigenvalue weighted by Gasteiger charge is -2.29. The van der Waals surface area contributed by atoms with Crippen molar-refractivity contribution in [2.45, 2.75) is 24.5 Å². The van der Waals surface area contributed by atoms with Crippen LogP contribution in [0.4, 0.5) is 5.69 Å². The van der Waals surface area contributed by atoms with E-state index in [1.807, 2.05) is 22.5 Å². The number of aliphatic hydroxyl groups is 1. The first-order valence-electron chi connectivity index (χ1n) is 10.2. The van der Waals surface area contributed by atoms with Gasteiger partial charge in [-0.05, 0) is 65.6 Å². The topological polar surface area (TPSA) is 107 Å². The summed E-state index contributed by atoms with van der Waals surface area (Å²) in [6.45, 7) is 1.04. The molecular weight excluding hydrogens is 508 g/mol. The van der Waals surface area contributed by atoms with Crippen molar-refractivity contribution in [2.75, 3.05) is 11.9 Å². The Bertz CT molecular complexity index is 1230. The minimum Gasteiger partial charge on any atom is -0.478 e. The summed E-state index contributed by atoms with van der Waals surface area (Å²) in [5.41, 5.74) is 3.50. The second kappa shape index (κ2) is 9.96. The van der Waals surface area contributed by atoms with Gasteiger partial charge in [0.05, 0.1) is 22.8 Å². The number of fused-ring (bicyclic) bond motifs is 1. The number of carboxylic acids is 1. The summed E-state index contributed by atoms with van der Waals surface area (Å²) in [6.07, 6.45) is 0.745. The number of nitrogens with zero attached hydrogens (tertiary/aromatic N) is 1. The lowest BCUT2D eigenvalue weighted by Crippen LogP contribution is -2.33. The minimum absolute atomic E-state index is 0.0249. The predicted octanol–water partition coefficient (Wildman–Crippen LogP) is 3.97. The van der Waals surface area contributed by atoms with Gasteiger partial charge in [-0.15, -0.1) is 0 Å². The Morgan fingerprint density at radius 2 is 1.85 bits per heavy atom. The largest absolute Gasteiger partial charge is 0.478 e. The molecule has 1 aliphatic heterocycles. The molecule has 170 valence electrons. The van der Waals surface area contributed by atoms with Crippen molar-refractivity contribution in [1.82, 2.24) is 4.31 Å². The number of benzene rings is 3. The zero-order valence-corrected chi connectivity index (χ0v) is 19.9. The van der Waals surface area contributed by atoms with Crippen molar-refractivity contribution in [2.24, 2.45) is 0 Å². The second-order valence-electron chi connectivity index (χ2n) is 7.55. The summed E-state index contributed by atoms with van der Waals surface area (Å²) in [6, 6.07) is 16.8. The summed E-state index contributed by atoms with van der Waals surface area (Å²) >= 11 is 3.23. The van der Waals surface area contributed by atoms with E-state index < -0.39 is 22.9 Å². The van der Waals surface area contributed by atoms with Crippen LogP contribution in [0.2, 0.25) is 0 Å². The molecule has 9 heteroatoms. The number of hydrogen-bond donors (Lipinski definition) is 3. The van der Waals surface area contributed by atoms with Gasteiger partial charge in [-0.3, -0.25) is 4.79 Å². The van der Waals surface area contributed by atoms with Crippen LogP contribution in [0.3, 0.4) is 0 Å². The molecule has 1 amide bonds. The van der Waals surface area contributed by atoms with Gasteiger partial charge in [0.2, 0.25) is 0 Å². The SMILES string of the molecule is O=C(Nc1ccc(Br)cc1C(=O)O)c1ccc(S(=O)N2CCc3cccc(CO)c3C2)cc1. The molecule has 4 rings (SSSR count). The van der Waals surface area contributed by atoms with Gasteiger partial charge in [-0.25, -0.2) is 13.3 Å². The monoisotopic (exact) mass is 528 g/mol. The van der Waals surface area contributed by atoms with Crippen LogP contribution >= 0.6 is 15.9 Å². The van der Waals surface area contributed by atoms with Crippen LogP contribution in [-0.2, 0) is 30.6 Å². The van der Waals surface area contributed by atoms with E-state index in [9.17, 15) is 24.0 Å². The van der Waals surface area contributed by atoms with Gasteiger partial charge in [0.15, 0.2) is 0 Å². The summed E-state index contributed by atoms with van der Waals surface area (Å²) < 4.78 is 15.6. The average Bonchev–Trinajstić information content (AvgIpc) is 2.83. The first-order valence-corrected chi connectivity index (χ1v) is 12.1. The van der Waals surface area contributed by atoms with Crippen LogP contribution < -0.4 is 5.32 Å². The van der Waals surface area contributed by atoms with E-state index in [2.05, 4.69) is 21.2 Å². The fourth-order valence-corrected chi connectivity index (χ4v) is 5.32. The van der Waals surface area contributed by atoms with Crippen LogP contribution in [0.1, 0.15) is 37.4 Å². The molecule has 0 saturated carbocycles. The number of halogens is 1. The first kappa shape index (κ1) is 23.3. The Hall–Kier alpha value is -2.85. The van der Waals surface area contributed by atoms with E-state index in [1.165, 1.54) is 12.1 Å². The van der Waals surface area contributed by atoms with Crippen molar-refractivity contribution in [3.63, 3.8) is 0 Å². The number of rotatable bonds is 6. The van der Waals surface area contributed by atoms with Gasteiger partial charge >= 0.3 is 5.97 Å². The highest BCUT2D eigenvalue weighted by molar-refractivity contribution is 9.10. The average molecular weight is 529 g/mol. The van der Waals surface area contributed by atoms with Gasteiger partial charge in [-0.2, -0.15) is 0 Å². The van der Waals surface area contributed by atoms with Gasteiger partial charge in [-0.1, -0.05) is 34.1 Å². The molecule has 1 aliphatic rings. The lowest BCUT2D eigenvalue weighted by molar-refractivity contribution is 0.0698. The molecule has 0 fully saturated rings. The fraction of sp³-hybridized carbons (Fsp3) is 0.167. The molecule has 0 saturated heterocycles. The smallest absolute Gasteiger partial charge is 0.337 e. The molecular formula is C24H21BrN2O5S. The third kappa shape index (κ3) is 5.06. The molecule has 0 spiro atoms. The quantitative estimate of drug-likeness (QED) is 0.448. The number of aliphatic hydroxyl groups excluding tert-OH is 1. The standard InChI is InChI=1S/C24H21BrN2O5S/c25-18-6-9-22(20(12-18)24(30)31)26-23(29)16-4-7-19(8-5-16)33(32)27-11-10-15-2-1-3-17(14-28)21(15)13-27/h1-9,12,28H,10-11,13-14H2,(H,26,29)(H,30,31). The Morgan fingerprint density at radius 1 is 1.09 bits per heavy atom. The Morgan fingerprint density at radius 3 is 2.55 bits per heavy atom. The summed E-state index contributed by atoms with van der Waals surface area (Å²) in [7, 11) is -1.42. The van der Waals surface area contributed by atoms with Gasteiger partial charge in [0, 0.05) is 23.1 Å². The Labute approximate surface area is 201 Å². The number of carbonyl (C=O) groups is 2. The van der Waals surface area contributed by atoms with Crippen molar-refractivity contribution >= 4 is 44.5 Å². The van der Waals surface area contributed by atoms with Crippen LogP contribution in [0.25, 0.3) is 0 Å². The molecule has 33 heavy (non-hydrogen) atoms. The number of anilines is 1. The number of hydrogen-bond acceptors (Lipinski definition) is 4. The third-order valence-electron chi connectivity index (χ3n) is 5.52. The van der Waals surface area contributed by atoms with Crippen molar-refractivity contribution in [3.05, 3.63) is 93.0 Å². The highest BCUT2D eigenvalue weighted by Gasteiger charge is 2.24. The molecule has 7 nitrogen and oxygen atoms in total. The third-order valence-corrected chi connectivity index (χ3v) is 7.47. The summed E-state index contributed by atoms with van der Waals surface area (Å²) in [5.74, 6) is -1.61. The van der Waals surface area contributed by atoms with E-state index in [1.54, 1.807) is 30.3 Å². The normalized spacial score (nSPS) is 14.4. The second-order valence-corrected chi connectivity index (χ2v) is 9.95. The van der Waals surface area contributed by atoms with E-state index >= 15 is 0 Å². The van der Waals surface area contributed by atoms with Crippen LogP contribution in [-0.4, -0.2) is 37.1 Å². The molecule has 1 unspecified atom stereocenters. The first-order chi connectivity index (χ1) is 15.9. The molecule has 1 atom stereocenters. The van der Waals surface area contributed by atoms with Crippen LogP contribution in [0.5, 0.6) is 0 Å². The number of nitrogens with one attached hydrogen (secondary N) is 1. The van der Waals surface area contributed by atoms with Crippen molar-refractivity contribution < 1.29 is 24.0 Å². The molecule has 0 aliphatic carbocycles. The molecule has 3 N–H and O–H groups in total. The maximum Gasteiger partial charge on any atom is 0.337 e. The Balaban J connectivity index is 1.48. The zero-order valence-electron chi connectivity index (χ0n) is 17.5. The summed E-state index contributed by atoms with van der Waals surface area (Å²) in [4.78, 5) is 24.7. The molecule has 3 aromatic rings. The molecule has 0 aromatic heterocycles. The number of amides is 1. The molecule has 0 radical (unpaired) electrons. The van der Waals surface area contributed by atoms with E-state index in [0.717, 1.165) is 23.1 Å². The van der Waals surface area contributed by atoms with E-state index in [4.69, 9.17) is 0 Å². The lowest BCUT2D eigenvalue weighted by atomic mass is 9.96. The molecule has 1 heterocycles. The minimum atomic E-state index is -1.42. The fourth-order valence-electron chi connectivity index (χ4n) is 3.78. The number of carboxylic acid groups (broad SMARTS) is 1. The maximum absolute atomic E-state index is 13.1. The van der Waals surface area contributed by atoms with Crippen molar-refractivity contribution in [1.29, 1.82) is 0 Å². The van der Waals surface area contributed by atoms with Crippen LogP contribution in [0, 0.1) is 0 Å². The zero-order chi connectivity index (χ0) is 23.5. The predicted molar refractivity (Wildman–Crippen MR) is 128 cm³/mol. The van der Waals surface area contributed by atoms with E-state index in [0.29, 0.717) is 28.0 Å². The van der Waals surface area contributed by atoms with E-state index in [-0.39, 0.29) is 17.9 Å². The van der Waals surface area contributed by atoms with Crippen molar-refractivity contribution in [3.8, 4) is 0 Å². The van der Waals surface area contributed by atoms with Crippen LogP contribution in [0.15, 0.2) is 70.0 Å². The number of aromatic carboxylic acids is 1.